The van der Waals surface area contributed by atoms with Crippen molar-refractivity contribution in [3.8, 4) is 0 Å². The summed E-state index contributed by atoms with van der Waals surface area (Å²) in [5, 5.41) is 1.33. The molecule has 1 N–H and O–H groups in total. The summed E-state index contributed by atoms with van der Waals surface area (Å²) in [6, 6.07) is 8.04. The molecule has 0 unspecified atom stereocenters. The summed E-state index contributed by atoms with van der Waals surface area (Å²) in [6.07, 6.45) is 2.73. The predicted molar refractivity (Wildman–Crippen MR) is 82.6 cm³/mol. The first kappa shape index (κ1) is 12.3. The molecule has 2 aliphatic rings. The van der Waals surface area contributed by atoms with Gasteiger partial charge in [-0.05, 0) is 17.7 Å². The molecule has 1 fully saturated rings. The fourth-order valence-corrected chi connectivity index (χ4v) is 4.53. The largest absolute Gasteiger partial charge is 0.333 e. The van der Waals surface area contributed by atoms with Crippen molar-refractivity contribution >= 4 is 40.5 Å². The van der Waals surface area contributed by atoms with Crippen molar-refractivity contribution in [1.82, 2.24) is 14.9 Å². The molecule has 1 saturated heterocycles. The highest BCUT2D eigenvalue weighted by Crippen LogP contribution is 2.36. The molecule has 0 spiro atoms. The van der Waals surface area contributed by atoms with Gasteiger partial charge in [0.1, 0.15) is 0 Å². The van der Waals surface area contributed by atoms with Crippen molar-refractivity contribution in [1.29, 1.82) is 0 Å². The lowest BCUT2D eigenvalue weighted by Gasteiger charge is -2.41. The number of hydrogen-bond donors (Lipinski definition) is 1. The summed E-state index contributed by atoms with van der Waals surface area (Å²) in [7, 11) is 0. The molecule has 1 atom stereocenters. The zero-order chi connectivity index (χ0) is 13.5. The summed E-state index contributed by atoms with van der Waals surface area (Å²) in [5.74, 6) is 2.14. The summed E-state index contributed by atoms with van der Waals surface area (Å²) in [4.78, 5) is 21.2. The second kappa shape index (κ2) is 4.86. The minimum Gasteiger partial charge on any atom is -0.333 e. The Hall–Kier alpha value is -1.40. The molecule has 0 saturated carbocycles. The van der Waals surface area contributed by atoms with Gasteiger partial charge in [0.2, 0.25) is 5.91 Å². The highest BCUT2D eigenvalue weighted by atomic mass is 32.2. The fourth-order valence-electron chi connectivity index (χ4n) is 2.37. The average Bonchev–Trinajstić information content (AvgIpc) is 2.87. The van der Waals surface area contributed by atoms with Crippen LogP contribution in [0.15, 0.2) is 41.2 Å². The lowest BCUT2D eigenvalue weighted by atomic mass is 10.2. The number of carbonyl (C=O) groups is 1. The lowest BCUT2D eigenvalue weighted by Crippen LogP contribution is -2.49. The van der Waals surface area contributed by atoms with Gasteiger partial charge in [-0.1, -0.05) is 23.9 Å². The van der Waals surface area contributed by atoms with Crippen molar-refractivity contribution in [3.63, 3.8) is 0 Å². The molecule has 3 heterocycles. The number of nitrogens with zero attached hydrogens (tertiary/aromatic N) is 2. The van der Waals surface area contributed by atoms with E-state index in [-0.39, 0.29) is 5.91 Å². The SMILES string of the molecule is O=C1C[C@@H]2SCC(CSc3nc4ccccc4[nH]3)=CN12. The summed E-state index contributed by atoms with van der Waals surface area (Å²) in [5.41, 5.74) is 3.37. The lowest BCUT2D eigenvalue weighted by molar-refractivity contribution is -0.137. The van der Waals surface area contributed by atoms with Crippen molar-refractivity contribution < 1.29 is 4.79 Å². The van der Waals surface area contributed by atoms with Gasteiger partial charge in [0.15, 0.2) is 5.16 Å². The molecule has 1 amide bonds. The smallest absolute Gasteiger partial charge is 0.230 e. The van der Waals surface area contributed by atoms with Crippen molar-refractivity contribution in [3.05, 3.63) is 36.0 Å². The molecule has 6 heteroatoms. The van der Waals surface area contributed by atoms with Crippen molar-refractivity contribution in [2.75, 3.05) is 11.5 Å². The number of imidazole rings is 1. The first-order chi connectivity index (χ1) is 9.79. The molecule has 0 aliphatic carbocycles. The molecule has 0 bridgehead atoms. The van der Waals surface area contributed by atoms with E-state index >= 15 is 0 Å². The van der Waals surface area contributed by atoms with E-state index in [1.807, 2.05) is 47.1 Å². The number of thioether (sulfide) groups is 2. The van der Waals surface area contributed by atoms with Gasteiger partial charge in [-0.2, -0.15) is 0 Å². The maximum absolute atomic E-state index is 11.4. The van der Waals surface area contributed by atoms with E-state index in [1.165, 1.54) is 5.57 Å². The highest BCUT2D eigenvalue weighted by Gasteiger charge is 2.37. The van der Waals surface area contributed by atoms with Crippen LogP contribution in [0.5, 0.6) is 0 Å². The van der Waals surface area contributed by atoms with E-state index in [1.54, 1.807) is 11.8 Å². The number of rotatable bonds is 3. The van der Waals surface area contributed by atoms with Gasteiger partial charge in [-0.3, -0.25) is 4.79 Å². The second-order valence-electron chi connectivity index (χ2n) is 4.91. The number of nitrogens with one attached hydrogen (secondary N) is 1. The zero-order valence-corrected chi connectivity index (χ0v) is 12.3. The minimum atomic E-state index is 0.244. The quantitative estimate of drug-likeness (QED) is 0.700. The van der Waals surface area contributed by atoms with Crippen LogP contribution in [0.25, 0.3) is 11.0 Å². The molecular formula is C14H13N3OS2. The van der Waals surface area contributed by atoms with E-state index in [0.717, 1.165) is 27.7 Å². The van der Waals surface area contributed by atoms with E-state index in [2.05, 4.69) is 9.97 Å². The van der Waals surface area contributed by atoms with Crippen LogP contribution < -0.4 is 0 Å². The molecule has 102 valence electrons. The number of β-lactam (4-membered cyclic amide) rings is 1. The topological polar surface area (TPSA) is 49.0 Å². The van der Waals surface area contributed by atoms with Crippen LogP contribution in [0.4, 0.5) is 0 Å². The standard InChI is InChI=1S/C14H13N3OS2/c18-12-5-13-17(12)6-9(7-19-13)8-20-14-15-10-3-1-2-4-11(10)16-14/h1-4,6,13H,5,7-8H2,(H,15,16)/t13-/m0/s1. The Morgan fingerprint density at radius 3 is 3.20 bits per heavy atom. The van der Waals surface area contributed by atoms with Gasteiger partial charge in [-0.15, -0.1) is 11.8 Å². The Morgan fingerprint density at radius 1 is 1.45 bits per heavy atom. The Bertz CT molecular complexity index is 676. The number of para-hydroxylation sites is 2. The van der Waals surface area contributed by atoms with Crippen LogP contribution in [0.3, 0.4) is 0 Å². The Kier molecular flexibility index (Phi) is 3.00. The molecule has 1 aromatic heterocycles. The van der Waals surface area contributed by atoms with Crippen LogP contribution >= 0.6 is 23.5 Å². The molecular weight excluding hydrogens is 290 g/mol. The summed E-state index contributed by atoms with van der Waals surface area (Å²) >= 11 is 3.55. The number of H-pyrrole nitrogens is 1. The third-order valence-corrected chi connectivity index (χ3v) is 5.79. The first-order valence-corrected chi connectivity index (χ1v) is 8.53. The van der Waals surface area contributed by atoms with Gasteiger partial charge in [0, 0.05) is 17.7 Å². The number of benzene rings is 1. The monoisotopic (exact) mass is 303 g/mol. The average molecular weight is 303 g/mol. The van der Waals surface area contributed by atoms with E-state index in [9.17, 15) is 4.79 Å². The fraction of sp³-hybridized carbons (Fsp3) is 0.286. The summed E-state index contributed by atoms with van der Waals surface area (Å²) in [6.45, 7) is 0. The van der Waals surface area contributed by atoms with E-state index < -0.39 is 0 Å². The van der Waals surface area contributed by atoms with Crippen molar-refractivity contribution in [2.24, 2.45) is 0 Å². The third kappa shape index (κ3) is 2.13. The normalized spacial score (nSPS) is 21.6. The number of amides is 1. The Morgan fingerprint density at radius 2 is 2.35 bits per heavy atom. The van der Waals surface area contributed by atoms with Crippen LogP contribution in [-0.2, 0) is 4.79 Å². The van der Waals surface area contributed by atoms with Gasteiger partial charge in [-0.25, -0.2) is 4.98 Å². The van der Waals surface area contributed by atoms with Gasteiger partial charge >= 0.3 is 0 Å². The van der Waals surface area contributed by atoms with Gasteiger partial charge in [0.25, 0.3) is 0 Å². The molecule has 4 rings (SSSR count). The van der Waals surface area contributed by atoms with E-state index in [0.29, 0.717) is 11.8 Å². The molecule has 2 aliphatic heterocycles. The number of aromatic amines is 1. The highest BCUT2D eigenvalue weighted by molar-refractivity contribution is 8.00. The maximum Gasteiger partial charge on any atom is 0.230 e. The third-order valence-electron chi connectivity index (χ3n) is 3.49. The molecule has 0 radical (unpaired) electrons. The predicted octanol–water partition coefficient (Wildman–Crippen LogP) is 2.84. The number of hydrogen-bond acceptors (Lipinski definition) is 4. The zero-order valence-electron chi connectivity index (χ0n) is 10.7. The Labute approximate surface area is 125 Å². The molecule has 2 aromatic rings. The Balaban J connectivity index is 1.46. The van der Waals surface area contributed by atoms with Crippen LogP contribution in [-0.4, -0.2) is 37.7 Å². The second-order valence-corrected chi connectivity index (χ2v) is 7.04. The van der Waals surface area contributed by atoms with E-state index in [4.69, 9.17) is 0 Å². The molecule has 20 heavy (non-hydrogen) atoms. The molecule has 4 nitrogen and oxygen atoms in total. The molecule has 1 aromatic carbocycles. The first-order valence-electron chi connectivity index (χ1n) is 6.49. The van der Waals surface area contributed by atoms with Crippen LogP contribution in [0, 0.1) is 0 Å². The number of carbonyl (C=O) groups excluding carboxylic acids is 1. The minimum absolute atomic E-state index is 0.244. The number of fused-ring (bicyclic) bond motifs is 2. The van der Waals surface area contributed by atoms with Gasteiger partial charge < -0.3 is 9.88 Å². The van der Waals surface area contributed by atoms with Crippen molar-refractivity contribution in [2.45, 2.75) is 17.0 Å². The van der Waals surface area contributed by atoms with Crippen LogP contribution in [0.1, 0.15) is 6.42 Å². The van der Waals surface area contributed by atoms with Crippen LogP contribution in [0.2, 0.25) is 0 Å². The van der Waals surface area contributed by atoms with Gasteiger partial charge in [0.05, 0.1) is 22.8 Å². The maximum atomic E-state index is 11.4. The summed E-state index contributed by atoms with van der Waals surface area (Å²) < 4.78 is 0. The number of aromatic nitrogens is 2.